The molecule has 10 heteroatoms. The first-order chi connectivity index (χ1) is 13.0. The first-order valence-corrected chi connectivity index (χ1v) is 10.1. The van der Waals surface area contributed by atoms with Gasteiger partial charge < -0.3 is 15.4 Å². The minimum Gasteiger partial charge on any atom is -0.497 e. The summed E-state index contributed by atoms with van der Waals surface area (Å²) >= 11 is 1.18. The molecule has 0 bridgehead atoms. The van der Waals surface area contributed by atoms with Gasteiger partial charge in [0.2, 0.25) is 0 Å². The Morgan fingerprint density at radius 3 is 2.11 bits per heavy atom. The number of benzene rings is 2. The first kappa shape index (κ1) is 18.7. The Kier molecular flexibility index (Phi) is 5.57. The van der Waals surface area contributed by atoms with Crippen LogP contribution in [0.25, 0.3) is 0 Å². The number of rotatable bonds is 6. The van der Waals surface area contributed by atoms with Crippen LogP contribution in [0.4, 0.5) is 21.3 Å². The number of carbonyl (C=O) groups excluding carboxylic acids is 1. The maximum Gasteiger partial charge on any atom is 0.323 e. The molecule has 0 radical (unpaired) electrons. The third-order valence-corrected chi connectivity index (χ3v) is 5.60. The number of amides is 2. The molecule has 1 heterocycles. The van der Waals surface area contributed by atoms with E-state index >= 15 is 0 Å². The van der Waals surface area contributed by atoms with Crippen LogP contribution in [0, 0.1) is 0 Å². The van der Waals surface area contributed by atoms with E-state index in [-0.39, 0.29) is 10.0 Å². The monoisotopic (exact) mass is 404 g/mol. The summed E-state index contributed by atoms with van der Waals surface area (Å²) in [6.45, 7) is 0. The maximum atomic E-state index is 12.3. The highest BCUT2D eigenvalue weighted by Gasteiger charge is 2.15. The molecule has 27 heavy (non-hydrogen) atoms. The minimum atomic E-state index is -3.73. The van der Waals surface area contributed by atoms with Gasteiger partial charge in [-0.1, -0.05) is 0 Å². The molecule has 0 aliphatic rings. The van der Waals surface area contributed by atoms with E-state index in [2.05, 4.69) is 20.3 Å². The van der Waals surface area contributed by atoms with Crippen LogP contribution in [-0.4, -0.2) is 26.5 Å². The fourth-order valence-electron chi connectivity index (χ4n) is 2.13. The normalized spacial score (nSPS) is 10.9. The maximum absolute atomic E-state index is 12.3. The van der Waals surface area contributed by atoms with Crippen molar-refractivity contribution in [3.63, 3.8) is 0 Å². The summed E-state index contributed by atoms with van der Waals surface area (Å²) in [4.78, 5) is 16.0. The molecule has 0 aliphatic heterocycles. The molecule has 0 saturated heterocycles. The molecule has 3 N–H and O–H groups in total. The summed E-state index contributed by atoms with van der Waals surface area (Å²) in [6.07, 6.45) is 1.51. The Hall–Kier alpha value is -3.11. The molecule has 2 amide bonds. The number of carbonyl (C=O) groups is 1. The lowest BCUT2D eigenvalue weighted by molar-refractivity contribution is 0.262. The van der Waals surface area contributed by atoms with E-state index in [4.69, 9.17) is 4.74 Å². The summed E-state index contributed by atoms with van der Waals surface area (Å²) in [5.74, 6) is 0.684. The number of thiazole rings is 1. The third-order valence-electron chi connectivity index (χ3n) is 3.42. The summed E-state index contributed by atoms with van der Waals surface area (Å²) in [6, 6.07) is 12.2. The van der Waals surface area contributed by atoms with Crippen LogP contribution in [0.5, 0.6) is 5.75 Å². The number of hydrogen-bond donors (Lipinski definition) is 3. The Labute approximate surface area is 160 Å². The van der Waals surface area contributed by atoms with Crippen molar-refractivity contribution in [3.8, 4) is 5.75 Å². The number of anilines is 3. The smallest absolute Gasteiger partial charge is 0.323 e. The van der Waals surface area contributed by atoms with Crippen LogP contribution >= 0.6 is 11.3 Å². The molecule has 0 aliphatic carbocycles. The van der Waals surface area contributed by atoms with Crippen LogP contribution in [0.3, 0.4) is 0 Å². The molecule has 0 unspecified atom stereocenters. The summed E-state index contributed by atoms with van der Waals surface area (Å²) in [5.41, 5.74) is 1.05. The average molecular weight is 404 g/mol. The predicted octanol–water partition coefficient (Wildman–Crippen LogP) is 3.60. The lowest BCUT2D eigenvalue weighted by Gasteiger charge is -2.09. The fourth-order valence-corrected chi connectivity index (χ4v) is 3.92. The number of hydrogen-bond acceptors (Lipinski definition) is 6. The zero-order valence-electron chi connectivity index (χ0n) is 14.2. The Morgan fingerprint density at radius 2 is 1.59 bits per heavy atom. The van der Waals surface area contributed by atoms with Crippen molar-refractivity contribution in [2.45, 2.75) is 4.90 Å². The minimum absolute atomic E-state index is 0.0683. The molecule has 3 rings (SSSR count). The molecule has 0 atom stereocenters. The van der Waals surface area contributed by atoms with Gasteiger partial charge in [-0.2, -0.15) is 0 Å². The number of sulfonamides is 1. The second-order valence-corrected chi connectivity index (χ2v) is 7.85. The van der Waals surface area contributed by atoms with Gasteiger partial charge in [-0.25, -0.2) is 18.2 Å². The Balaban J connectivity index is 1.62. The molecule has 0 fully saturated rings. The van der Waals surface area contributed by atoms with Gasteiger partial charge >= 0.3 is 6.03 Å². The fraction of sp³-hybridized carbons (Fsp3) is 0.0588. The van der Waals surface area contributed by atoms with Gasteiger partial charge in [0.05, 0.1) is 12.0 Å². The molecule has 0 spiro atoms. The number of urea groups is 1. The Bertz CT molecular complexity index is 1000. The van der Waals surface area contributed by atoms with Crippen LogP contribution in [0.1, 0.15) is 0 Å². The standard InChI is InChI=1S/C17H16N4O4S2/c1-25-14-6-2-12(3-7-14)19-16(22)20-13-4-8-15(9-5-13)27(23,24)21-17-18-10-11-26-17/h2-11H,1H3,(H,18,21)(H2,19,20,22). The largest absolute Gasteiger partial charge is 0.497 e. The van der Waals surface area contributed by atoms with Crippen LogP contribution in [0.15, 0.2) is 65.0 Å². The number of nitrogens with zero attached hydrogens (tertiary/aromatic N) is 1. The van der Waals surface area contributed by atoms with Gasteiger partial charge in [-0.15, -0.1) is 11.3 Å². The molecule has 2 aromatic carbocycles. The zero-order valence-corrected chi connectivity index (χ0v) is 15.8. The second-order valence-electron chi connectivity index (χ2n) is 5.27. The highest BCUT2D eigenvalue weighted by atomic mass is 32.2. The van der Waals surface area contributed by atoms with E-state index < -0.39 is 16.1 Å². The van der Waals surface area contributed by atoms with Gasteiger partial charge in [0.15, 0.2) is 5.13 Å². The zero-order chi connectivity index (χ0) is 19.3. The topological polar surface area (TPSA) is 109 Å². The van der Waals surface area contributed by atoms with Crippen molar-refractivity contribution in [3.05, 3.63) is 60.1 Å². The number of nitrogens with one attached hydrogen (secondary N) is 3. The van der Waals surface area contributed by atoms with Crippen molar-refractivity contribution >= 4 is 43.9 Å². The predicted molar refractivity (Wildman–Crippen MR) is 105 cm³/mol. The van der Waals surface area contributed by atoms with Crippen LogP contribution in [0.2, 0.25) is 0 Å². The summed E-state index contributed by atoms with van der Waals surface area (Å²) < 4.78 is 32.0. The SMILES string of the molecule is COc1ccc(NC(=O)Nc2ccc(S(=O)(=O)Nc3nccs3)cc2)cc1. The van der Waals surface area contributed by atoms with E-state index in [1.807, 2.05) is 0 Å². The van der Waals surface area contributed by atoms with Crippen molar-refractivity contribution < 1.29 is 17.9 Å². The van der Waals surface area contributed by atoms with Gasteiger partial charge in [-0.3, -0.25) is 4.72 Å². The number of methoxy groups -OCH3 is 1. The molecule has 0 saturated carbocycles. The van der Waals surface area contributed by atoms with E-state index in [9.17, 15) is 13.2 Å². The van der Waals surface area contributed by atoms with Crippen molar-refractivity contribution in [1.29, 1.82) is 0 Å². The summed E-state index contributed by atoms with van der Waals surface area (Å²) in [5, 5.41) is 7.27. The number of aromatic nitrogens is 1. The molecular formula is C17H16N4O4S2. The highest BCUT2D eigenvalue weighted by Crippen LogP contribution is 2.20. The quantitative estimate of drug-likeness (QED) is 0.582. The van der Waals surface area contributed by atoms with Crippen molar-refractivity contribution in [2.24, 2.45) is 0 Å². The van der Waals surface area contributed by atoms with Gasteiger partial charge in [0.1, 0.15) is 5.75 Å². The summed E-state index contributed by atoms with van der Waals surface area (Å²) in [7, 11) is -2.16. The van der Waals surface area contributed by atoms with Crippen molar-refractivity contribution in [2.75, 3.05) is 22.5 Å². The highest BCUT2D eigenvalue weighted by molar-refractivity contribution is 7.93. The first-order valence-electron chi connectivity index (χ1n) is 7.71. The molecule has 3 aromatic rings. The van der Waals surface area contributed by atoms with E-state index in [0.717, 1.165) is 0 Å². The van der Waals surface area contributed by atoms with Crippen LogP contribution < -0.4 is 20.1 Å². The molecule has 8 nitrogen and oxygen atoms in total. The van der Waals surface area contributed by atoms with Gasteiger partial charge in [0.25, 0.3) is 10.0 Å². The lowest BCUT2D eigenvalue weighted by Crippen LogP contribution is -2.19. The molecule has 140 valence electrons. The molecule has 1 aromatic heterocycles. The van der Waals surface area contributed by atoms with Crippen molar-refractivity contribution in [1.82, 2.24) is 4.98 Å². The van der Waals surface area contributed by atoms with E-state index in [1.165, 1.54) is 41.8 Å². The van der Waals surface area contributed by atoms with Gasteiger partial charge in [-0.05, 0) is 48.5 Å². The number of ether oxygens (including phenoxy) is 1. The second kappa shape index (κ2) is 8.06. The average Bonchev–Trinajstić information content (AvgIpc) is 3.15. The third kappa shape index (κ3) is 4.96. The van der Waals surface area contributed by atoms with Crippen LogP contribution in [-0.2, 0) is 10.0 Å². The van der Waals surface area contributed by atoms with E-state index in [1.54, 1.807) is 36.8 Å². The Morgan fingerprint density at radius 1 is 1.00 bits per heavy atom. The lowest BCUT2D eigenvalue weighted by atomic mass is 10.3. The molecular weight excluding hydrogens is 388 g/mol. The van der Waals surface area contributed by atoms with Gasteiger partial charge in [0, 0.05) is 23.0 Å². The van der Waals surface area contributed by atoms with E-state index in [0.29, 0.717) is 17.1 Å².